The van der Waals surface area contributed by atoms with Gasteiger partial charge in [0.25, 0.3) is 0 Å². The summed E-state index contributed by atoms with van der Waals surface area (Å²) >= 11 is 0. The van der Waals surface area contributed by atoms with Gasteiger partial charge in [-0.05, 0) is 25.1 Å². The Balaban J connectivity index is 2.69. The van der Waals surface area contributed by atoms with Gasteiger partial charge in [-0.2, -0.15) is 0 Å². The molecule has 0 bridgehead atoms. The molecule has 1 rings (SSSR count). The van der Waals surface area contributed by atoms with E-state index in [4.69, 9.17) is 4.43 Å². The summed E-state index contributed by atoms with van der Waals surface area (Å²) < 4.78 is 7.18. The number of rotatable bonds is 5. The smallest absolute Gasteiger partial charge is 0.191 e. The molecule has 0 unspecified atom stereocenters. The summed E-state index contributed by atoms with van der Waals surface area (Å²) in [6, 6.07) is -0.134. The first-order chi connectivity index (χ1) is 8.56. The topological polar surface area (TPSA) is 55.5 Å². The molecular weight excluding hydrogens is 258 g/mol. The molecule has 1 heterocycles. The van der Waals surface area contributed by atoms with Crippen molar-refractivity contribution >= 4 is 14.5 Å². The average Bonchev–Trinajstić information content (AvgIpc) is 2.63. The highest BCUT2D eigenvalue weighted by molar-refractivity contribution is 6.74. The molecule has 0 aromatic heterocycles. The zero-order valence-electron chi connectivity index (χ0n) is 13.1. The zero-order chi connectivity index (χ0) is 14.8. The van der Waals surface area contributed by atoms with Crippen LogP contribution < -0.4 is 0 Å². The minimum atomic E-state index is -1.83. The van der Waals surface area contributed by atoms with Crippen molar-refractivity contribution in [1.82, 2.24) is 0 Å². The van der Waals surface area contributed by atoms with E-state index in [2.05, 4.69) is 33.9 Å². The molecule has 0 spiro atoms. The van der Waals surface area contributed by atoms with E-state index in [0.717, 1.165) is 17.6 Å². The monoisotopic (exact) mass is 287 g/mol. The van der Waals surface area contributed by atoms with E-state index in [1.54, 1.807) is 13.1 Å². The van der Waals surface area contributed by atoms with E-state index in [9.17, 15) is 10.3 Å². The molecule has 0 amide bonds. The molecule has 112 valence electrons. The summed E-state index contributed by atoms with van der Waals surface area (Å²) in [7, 11) is -1.83. The Bertz CT molecular complexity index is 334. The molecular formula is C14H29NO3Si. The fourth-order valence-electron chi connectivity index (χ4n) is 2.13. The second-order valence-electron chi connectivity index (χ2n) is 7.16. The first kappa shape index (κ1) is 16.7. The molecule has 3 atom stereocenters. The molecule has 0 saturated heterocycles. The van der Waals surface area contributed by atoms with Crippen LogP contribution in [0.5, 0.6) is 0 Å². The van der Waals surface area contributed by atoms with Crippen molar-refractivity contribution in [1.29, 1.82) is 0 Å². The van der Waals surface area contributed by atoms with E-state index < -0.39 is 14.4 Å². The number of aliphatic hydroxyl groups excluding tert-OH is 1. The van der Waals surface area contributed by atoms with E-state index >= 15 is 0 Å². The Morgan fingerprint density at radius 3 is 2.42 bits per heavy atom. The van der Waals surface area contributed by atoms with Crippen LogP contribution in [-0.4, -0.2) is 43.1 Å². The summed E-state index contributed by atoms with van der Waals surface area (Å²) in [4.78, 5) is 0. The third-order valence-electron chi connectivity index (χ3n) is 4.66. The number of nitrogens with zero attached hydrogens (tertiary/aromatic N) is 1. The largest absolute Gasteiger partial charge is 0.624 e. The Kier molecular flexibility index (Phi) is 5.20. The van der Waals surface area contributed by atoms with Gasteiger partial charge in [0.05, 0.1) is 12.0 Å². The predicted molar refractivity (Wildman–Crippen MR) is 81.0 cm³/mol. The highest BCUT2D eigenvalue weighted by Gasteiger charge is 2.41. The molecule has 0 fully saturated rings. The quantitative estimate of drug-likeness (QED) is 0.480. The van der Waals surface area contributed by atoms with Gasteiger partial charge in [-0.1, -0.05) is 20.8 Å². The maximum atomic E-state index is 11.7. The van der Waals surface area contributed by atoms with Crippen molar-refractivity contribution < 1.29 is 14.3 Å². The van der Waals surface area contributed by atoms with Crippen LogP contribution in [0.1, 0.15) is 40.5 Å². The molecule has 1 aliphatic rings. The van der Waals surface area contributed by atoms with Crippen molar-refractivity contribution in [2.75, 3.05) is 6.61 Å². The van der Waals surface area contributed by atoms with E-state index in [1.807, 2.05) is 0 Å². The fourth-order valence-corrected chi connectivity index (χ4v) is 3.17. The Morgan fingerprint density at radius 1 is 1.47 bits per heavy atom. The molecule has 5 heteroatoms. The maximum absolute atomic E-state index is 11.7. The average molecular weight is 287 g/mol. The summed E-state index contributed by atoms with van der Waals surface area (Å²) in [6.45, 7) is 13.2. The summed E-state index contributed by atoms with van der Waals surface area (Å²) in [5.74, 6) is -0.106. The van der Waals surface area contributed by atoms with Gasteiger partial charge in [0.15, 0.2) is 20.6 Å². The minimum absolute atomic E-state index is 0.106. The van der Waals surface area contributed by atoms with Crippen LogP contribution in [0, 0.1) is 11.1 Å². The first-order valence-electron chi connectivity index (χ1n) is 7.17. The van der Waals surface area contributed by atoms with Gasteiger partial charge in [0.2, 0.25) is 0 Å². The van der Waals surface area contributed by atoms with Crippen molar-refractivity contribution in [2.24, 2.45) is 5.92 Å². The highest BCUT2D eigenvalue weighted by atomic mass is 28.4. The van der Waals surface area contributed by atoms with E-state index in [1.165, 1.54) is 0 Å². The highest BCUT2D eigenvalue weighted by Crippen LogP contribution is 2.37. The maximum Gasteiger partial charge on any atom is 0.191 e. The first-order valence-corrected chi connectivity index (χ1v) is 10.1. The van der Waals surface area contributed by atoms with Crippen molar-refractivity contribution in [2.45, 2.75) is 70.8 Å². The molecule has 0 aromatic carbocycles. The van der Waals surface area contributed by atoms with Gasteiger partial charge >= 0.3 is 0 Å². The lowest BCUT2D eigenvalue weighted by atomic mass is 9.94. The van der Waals surface area contributed by atoms with Crippen molar-refractivity contribution in [3.8, 4) is 0 Å². The van der Waals surface area contributed by atoms with Gasteiger partial charge in [-0.15, -0.1) is 0 Å². The summed E-state index contributed by atoms with van der Waals surface area (Å²) in [5.41, 5.74) is 0. The lowest BCUT2D eigenvalue weighted by Gasteiger charge is -2.38. The second-order valence-corrected chi connectivity index (χ2v) is 12.0. The van der Waals surface area contributed by atoms with Crippen molar-refractivity contribution in [3.63, 3.8) is 0 Å². The fraction of sp³-hybridized carbons (Fsp3) is 0.929. The van der Waals surface area contributed by atoms with Crippen LogP contribution in [-0.2, 0) is 4.43 Å². The van der Waals surface area contributed by atoms with Gasteiger partial charge in [0, 0.05) is 19.4 Å². The molecule has 4 nitrogen and oxygen atoms in total. The number of hydroxylamine groups is 1. The van der Waals surface area contributed by atoms with E-state index in [-0.39, 0.29) is 17.0 Å². The third-order valence-corrected chi connectivity index (χ3v) is 9.16. The molecule has 0 aliphatic carbocycles. The third kappa shape index (κ3) is 4.03. The van der Waals surface area contributed by atoms with Gasteiger partial charge in [0.1, 0.15) is 0 Å². The SMILES string of the molecule is C[C@H](O)[C@H](CO[Si](C)(C)C(C)(C)C)[C@@H]1CCC=[N+]1[O-]. The number of hydrogen-bond donors (Lipinski definition) is 1. The number of hydrogen-bond acceptors (Lipinski definition) is 3. The summed E-state index contributed by atoms with van der Waals surface area (Å²) in [6.07, 6.45) is 2.78. The minimum Gasteiger partial charge on any atom is -0.624 e. The van der Waals surface area contributed by atoms with Crippen LogP contribution in [0.3, 0.4) is 0 Å². The molecule has 1 aliphatic heterocycles. The molecule has 0 radical (unpaired) electrons. The molecule has 19 heavy (non-hydrogen) atoms. The Labute approximate surface area is 118 Å². The van der Waals surface area contributed by atoms with Gasteiger partial charge < -0.3 is 14.7 Å². The second kappa shape index (κ2) is 5.93. The van der Waals surface area contributed by atoms with Crippen LogP contribution in [0.25, 0.3) is 0 Å². The van der Waals surface area contributed by atoms with E-state index in [0.29, 0.717) is 6.61 Å². The summed E-state index contributed by atoms with van der Waals surface area (Å²) in [5, 5.41) is 21.8. The molecule has 1 N–H and O–H groups in total. The normalized spacial score (nSPS) is 24.2. The van der Waals surface area contributed by atoms with Crippen LogP contribution in [0.15, 0.2) is 0 Å². The van der Waals surface area contributed by atoms with Crippen LogP contribution in [0.2, 0.25) is 18.1 Å². The van der Waals surface area contributed by atoms with Gasteiger partial charge in [-0.25, -0.2) is 4.74 Å². The molecule has 0 aromatic rings. The zero-order valence-corrected chi connectivity index (χ0v) is 14.1. The molecule has 0 saturated carbocycles. The van der Waals surface area contributed by atoms with Gasteiger partial charge in [-0.3, -0.25) is 0 Å². The lowest BCUT2D eigenvalue weighted by Crippen LogP contribution is -2.45. The Hall–Kier alpha value is -0.393. The van der Waals surface area contributed by atoms with Crippen LogP contribution >= 0.6 is 0 Å². The number of aliphatic hydroxyl groups is 1. The standard InChI is InChI=1S/C14H29NO3Si/c1-11(16)12(13-8-7-9-15(13)17)10-18-19(5,6)14(2,3)4/h9,11-13,16H,7-8,10H2,1-6H3/t11-,12-,13-/m0/s1. The van der Waals surface area contributed by atoms with Crippen molar-refractivity contribution in [3.05, 3.63) is 5.21 Å². The predicted octanol–water partition coefficient (Wildman–Crippen LogP) is 2.75. The lowest BCUT2D eigenvalue weighted by molar-refractivity contribution is -0.502. The van der Waals surface area contributed by atoms with Crippen LogP contribution in [0.4, 0.5) is 0 Å². The Morgan fingerprint density at radius 2 is 2.05 bits per heavy atom.